The number of hydrogen-bond donors (Lipinski definition) is 0. The summed E-state index contributed by atoms with van der Waals surface area (Å²) in [7, 11) is 0. The van der Waals surface area contributed by atoms with E-state index in [0.717, 1.165) is 42.3 Å². The molecule has 2 aromatic heterocycles. The first-order chi connectivity index (χ1) is 13.3. The minimum Gasteiger partial charge on any atom is -0.336 e. The molecule has 3 aromatic rings. The van der Waals surface area contributed by atoms with Gasteiger partial charge in [-0.25, -0.2) is 4.68 Å². The Morgan fingerprint density at radius 3 is 2.59 bits per heavy atom. The van der Waals surface area contributed by atoms with Gasteiger partial charge < -0.3 is 4.90 Å². The second-order valence-corrected chi connectivity index (χ2v) is 7.59. The van der Waals surface area contributed by atoms with Gasteiger partial charge in [-0.05, 0) is 36.2 Å². The van der Waals surface area contributed by atoms with Crippen molar-refractivity contribution in [2.45, 2.75) is 13.3 Å². The monoisotopic (exact) mass is 379 g/mol. The lowest BCUT2D eigenvalue weighted by Crippen LogP contribution is -2.38. The quantitative estimate of drug-likeness (QED) is 0.697. The molecular formula is C20H21N5OS. The van der Waals surface area contributed by atoms with Gasteiger partial charge in [-0.1, -0.05) is 24.3 Å². The number of pyridine rings is 1. The van der Waals surface area contributed by atoms with Crippen molar-refractivity contribution in [3.8, 4) is 16.9 Å². The highest BCUT2D eigenvalue weighted by Crippen LogP contribution is 2.26. The Hall–Kier alpha value is -2.67. The van der Waals surface area contributed by atoms with Crippen LogP contribution in [0.1, 0.15) is 23.0 Å². The number of hydrogen-bond acceptors (Lipinski definition) is 5. The molecule has 0 radical (unpaired) electrons. The van der Waals surface area contributed by atoms with Gasteiger partial charge in [-0.15, -0.1) is 5.10 Å². The van der Waals surface area contributed by atoms with Crippen LogP contribution in [0.25, 0.3) is 16.9 Å². The normalized spacial score (nSPS) is 14.3. The highest BCUT2D eigenvalue weighted by atomic mass is 32.2. The number of aromatic nitrogens is 4. The standard InChI is InChI=1S/C20H21N5OS/c1-2-15-5-7-17(8-6-15)25-19(16-4-3-9-21-14-16)18(22-23-25)20(26)24-10-12-27-13-11-24/h3-9,14H,2,10-13H2,1H3. The summed E-state index contributed by atoms with van der Waals surface area (Å²) in [5.41, 5.74) is 4.04. The average Bonchev–Trinajstić information content (AvgIpc) is 3.19. The van der Waals surface area contributed by atoms with Crippen molar-refractivity contribution in [3.63, 3.8) is 0 Å². The van der Waals surface area contributed by atoms with Crippen molar-refractivity contribution in [1.82, 2.24) is 24.9 Å². The minimum atomic E-state index is -0.0643. The van der Waals surface area contributed by atoms with Crippen molar-refractivity contribution in [3.05, 3.63) is 60.0 Å². The zero-order valence-electron chi connectivity index (χ0n) is 15.2. The van der Waals surface area contributed by atoms with Gasteiger partial charge in [0, 0.05) is 42.6 Å². The maximum Gasteiger partial charge on any atom is 0.276 e. The van der Waals surface area contributed by atoms with Crippen LogP contribution in [0.15, 0.2) is 48.8 Å². The zero-order valence-corrected chi connectivity index (χ0v) is 16.0. The summed E-state index contributed by atoms with van der Waals surface area (Å²) in [6.45, 7) is 3.61. The van der Waals surface area contributed by atoms with E-state index in [1.54, 1.807) is 17.1 Å². The molecule has 0 N–H and O–H groups in total. The molecule has 1 saturated heterocycles. The van der Waals surface area contributed by atoms with E-state index < -0.39 is 0 Å². The second-order valence-electron chi connectivity index (χ2n) is 6.36. The summed E-state index contributed by atoms with van der Waals surface area (Å²) >= 11 is 1.87. The van der Waals surface area contributed by atoms with Crippen LogP contribution in [0, 0.1) is 0 Å². The van der Waals surface area contributed by atoms with Crippen molar-refractivity contribution in [2.24, 2.45) is 0 Å². The smallest absolute Gasteiger partial charge is 0.276 e. The summed E-state index contributed by atoms with van der Waals surface area (Å²) in [5.74, 6) is 1.85. The molecule has 1 fully saturated rings. The summed E-state index contributed by atoms with van der Waals surface area (Å²) in [6.07, 6.45) is 4.44. The third-order valence-electron chi connectivity index (χ3n) is 4.70. The second kappa shape index (κ2) is 7.92. The number of carbonyl (C=O) groups is 1. The number of amides is 1. The first kappa shape index (κ1) is 17.7. The fraction of sp³-hybridized carbons (Fsp3) is 0.300. The highest BCUT2D eigenvalue weighted by molar-refractivity contribution is 7.99. The van der Waals surface area contributed by atoms with E-state index >= 15 is 0 Å². The number of carbonyl (C=O) groups excluding carboxylic acids is 1. The van der Waals surface area contributed by atoms with Crippen LogP contribution in [-0.2, 0) is 6.42 Å². The lowest BCUT2D eigenvalue weighted by molar-refractivity contribution is 0.0767. The Kier molecular flexibility index (Phi) is 5.20. The largest absolute Gasteiger partial charge is 0.336 e. The summed E-state index contributed by atoms with van der Waals surface area (Å²) in [6, 6.07) is 12.0. The zero-order chi connectivity index (χ0) is 18.6. The van der Waals surface area contributed by atoms with Crippen LogP contribution >= 0.6 is 11.8 Å². The van der Waals surface area contributed by atoms with Gasteiger partial charge in [-0.2, -0.15) is 11.8 Å². The van der Waals surface area contributed by atoms with Crippen LogP contribution in [0.4, 0.5) is 0 Å². The molecular weight excluding hydrogens is 358 g/mol. The maximum atomic E-state index is 13.1. The number of aryl methyl sites for hydroxylation is 1. The van der Waals surface area contributed by atoms with Crippen molar-refractivity contribution in [1.29, 1.82) is 0 Å². The van der Waals surface area contributed by atoms with Crippen LogP contribution in [0.2, 0.25) is 0 Å². The van der Waals surface area contributed by atoms with Crippen LogP contribution in [-0.4, -0.2) is 55.4 Å². The Morgan fingerprint density at radius 2 is 1.93 bits per heavy atom. The lowest BCUT2D eigenvalue weighted by atomic mass is 10.1. The molecule has 1 amide bonds. The van der Waals surface area contributed by atoms with E-state index in [1.807, 2.05) is 40.9 Å². The topological polar surface area (TPSA) is 63.9 Å². The third-order valence-corrected chi connectivity index (χ3v) is 5.64. The number of nitrogens with zero attached hydrogens (tertiary/aromatic N) is 5. The van der Waals surface area contributed by atoms with Crippen LogP contribution in [0.5, 0.6) is 0 Å². The van der Waals surface area contributed by atoms with Crippen molar-refractivity contribution >= 4 is 17.7 Å². The number of thioether (sulfide) groups is 1. The Morgan fingerprint density at radius 1 is 1.15 bits per heavy atom. The molecule has 3 heterocycles. The molecule has 0 bridgehead atoms. The molecule has 1 aliphatic heterocycles. The van der Waals surface area contributed by atoms with Gasteiger partial charge in [0.25, 0.3) is 5.91 Å². The van der Waals surface area contributed by atoms with Crippen LogP contribution < -0.4 is 0 Å². The maximum absolute atomic E-state index is 13.1. The predicted octanol–water partition coefficient (Wildman–Crippen LogP) is 3.08. The van der Waals surface area contributed by atoms with Gasteiger partial charge in [0.05, 0.1) is 5.69 Å². The Bertz CT molecular complexity index is 917. The van der Waals surface area contributed by atoms with E-state index in [0.29, 0.717) is 11.4 Å². The first-order valence-corrected chi connectivity index (χ1v) is 10.3. The predicted molar refractivity (Wildman–Crippen MR) is 107 cm³/mol. The minimum absolute atomic E-state index is 0.0643. The molecule has 0 unspecified atom stereocenters. The fourth-order valence-electron chi connectivity index (χ4n) is 3.16. The molecule has 138 valence electrons. The highest BCUT2D eigenvalue weighted by Gasteiger charge is 2.27. The molecule has 27 heavy (non-hydrogen) atoms. The summed E-state index contributed by atoms with van der Waals surface area (Å²) in [5, 5.41) is 8.59. The average molecular weight is 379 g/mol. The molecule has 7 heteroatoms. The lowest BCUT2D eigenvalue weighted by Gasteiger charge is -2.25. The third kappa shape index (κ3) is 3.60. The SMILES string of the molecule is CCc1ccc(-n2nnc(C(=O)N3CCSCC3)c2-c2cccnc2)cc1. The molecule has 4 rings (SSSR count). The molecule has 1 aliphatic rings. The van der Waals surface area contributed by atoms with Crippen molar-refractivity contribution in [2.75, 3.05) is 24.6 Å². The van der Waals surface area contributed by atoms with Gasteiger partial charge >= 0.3 is 0 Å². The summed E-state index contributed by atoms with van der Waals surface area (Å²) < 4.78 is 1.74. The molecule has 0 aliphatic carbocycles. The number of benzene rings is 1. The van der Waals surface area contributed by atoms with E-state index in [9.17, 15) is 4.79 Å². The van der Waals surface area contributed by atoms with E-state index in [-0.39, 0.29) is 5.91 Å². The van der Waals surface area contributed by atoms with Crippen LogP contribution in [0.3, 0.4) is 0 Å². The van der Waals surface area contributed by atoms with Gasteiger partial charge in [0.2, 0.25) is 0 Å². The van der Waals surface area contributed by atoms with E-state index in [4.69, 9.17) is 0 Å². The Labute approximate surface area is 162 Å². The molecule has 1 aromatic carbocycles. The molecule has 0 saturated carbocycles. The van der Waals surface area contributed by atoms with Crippen molar-refractivity contribution < 1.29 is 4.79 Å². The first-order valence-electron chi connectivity index (χ1n) is 9.10. The summed E-state index contributed by atoms with van der Waals surface area (Å²) in [4.78, 5) is 19.2. The van der Waals surface area contributed by atoms with Gasteiger partial charge in [0.15, 0.2) is 5.69 Å². The molecule has 0 atom stereocenters. The fourth-order valence-corrected chi connectivity index (χ4v) is 4.06. The van der Waals surface area contributed by atoms with E-state index in [1.165, 1.54) is 5.56 Å². The molecule has 6 nitrogen and oxygen atoms in total. The molecule has 0 spiro atoms. The van der Waals surface area contributed by atoms with Gasteiger partial charge in [-0.3, -0.25) is 9.78 Å². The van der Waals surface area contributed by atoms with E-state index in [2.05, 4.69) is 34.4 Å². The number of rotatable bonds is 4. The van der Waals surface area contributed by atoms with Gasteiger partial charge in [0.1, 0.15) is 5.69 Å². The Balaban J connectivity index is 1.80.